The van der Waals surface area contributed by atoms with Gasteiger partial charge in [0.25, 0.3) is 0 Å². The summed E-state index contributed by atoms with van der Waals surface area (Å²) in [5.41, 5.74) is 6.68. The predicted octanol–water partition coefficient (Wildman–Crippen LogP) is 2.45. The van der Waals surface area contributed by atoms with Gasteiger partial charge in [0.1, 0.15) is 5.15 Å². The maximum Gasteiger partial charge on any atom is 0.146 e. The molecule has 0 amide bonds. The highest BCUT2D eigenvalue weighted by molar-refractivity contribution is 7.17. The first-order chi connectivity index (χ1) is 6.33. The van der Waals surface area contributed by atoms with Gasteiger partial charge in [0.15, 0.2) is 0 Å². The molecule has 13 heavy (non-hydrogen) atoms. The summed E-state index contributed by atoms with van der Waals surface area (Å²) in [5, 5.41) is 3.80. The van der Waals surface area contributed by atoms with E-state index in [1.807, 2.05) is 11.6 Å². The fraction of sp³-hybridized carbons (Fsp3) is 0.222. The van der Waals surface area contributed by atoms with Crippen molar-refractivity contribution in [3.8, 4) is 0 Å². The number of pyridine rings is 1. The van der Waals surface area contributed by atoms with Crippen LogP contribution in [-0.2, 0) is 6.42 Å². The molecule has 2 N–H and O–H groups in total. The Hall–Kier alpha value is -0.640. The summed E-state index contributed by atoms with van der Waals surface area (Å²) in [6, 6.07) is 2.07. The third-order valence-electron chi connectivity index (χ3n) is 1.95. The molecule has 0 bridgehead atoms. The topological polar surface area (TPSA) is 38.9 Å². The van der Waals surface area contributed by atoms with Crippen LogP contribution in [0.15, 0.2) is 17.6 Å². The molecule has 2 rings (SSSR count). The molecule has 4 heteroatoms. The number of hydrogen-bond acceptors (Lipinski definition) is 3. The number of hydrogen-bond donors (Lipinski definition) is 1. The van der Waals surface area contributed by atoms with Crippen LogP contribution >= 0.6 is 22.9 Å². The van der Waals surface area contributed by atoms with Gasteiger partial charge in [-0.05, 0) is 30.0 Å². The molecule has 0 aliphatic heterocycles. The summed E-state index contributed by atoms with van der Waals surface area (Å²) in [6.07, 6.45) is 2.67. The Morgan fingerprint density at radius 3 is 3.15 bits per heavy atom. The molecule has 0 unspecified atom stereocenters. The Morgan fingerprint density at radius 2 is 2.38 bits per heavy atom. The van der Waals surface area contributed by atoms with Crippen molar-refractivity contribution in [2.75, 3.05) is 6.54 Å². The largest absolute Gasteiger partial charge is 0.330 e. The van der Waals surface area contributed by atoms with E-state index in [1.165, 1.54) is 10.9 Å². The average Bonchev–Trinajstić information content (AvgIpc) is 2.59. The molecule has 2 aromatic rings. The molecule has 2 heterocycles. The summed E-state index contributed by atoms with van der Waals surface area (Å²) in [5.74, 6) is 0. The first kappa shape index (κ1) is 8.94. The van der Waals surface area contributed by atoms with Gasteiger partial charge >= 0.3 is 0 Å². The van der Waals surface area contributed by atoms with Crippen LogP contribution in [0.3, 0.4) is 0 Å². The summed E-state index contributed by atoms with van der Waals surface area (Å²) in [6.45, 7) is 0.647. The maximum absolute atomic E-state index is 5.94. The van der Waals surface area contributed by atoms with Crippen molar-refractivity contribution in [1.29, 1.82) is 0 Å². The predicted molar refractivity (Wildman–Crippen MR) is 57.4 cm³/mol. The van der Waals surface area contributed by atoms with Crippen LogP contribution in [0.1, 0.15) is 5.56 Å². The normalized spacial score (nSPS) is 10.9. The van der Waals surface area contributed by atoms with Crippen LogP contribution in [0.4, 0.5) is 0 Å². The molecule has 0 atom stereocenters. The highest BCUT2D eigenvalue weighted by Gasteiger charge is 2.05. The molecule has 0 saturated carbocycles. The SMILES string of the molecule is NCCc1cnc(Cl)c2sccc12. The van der Waals surface area contributed by atoms with Gasteiger partial charge in [-0.3, -0.25) is 0 Å². The van der Waals surface area contributed by atoms with Crippen LogP contribution < -0.4 is 5.73 Å². The van der Waals surface area contributed by atoms with Gasteiger partial charge in [0, 0.05) is 11.6 Å². The number of nitrogens with two attached hydrogens (primary N) is 1. The molecule has 0 spiro atoms. The van der Waals surface area contributed by atoms with E-state index in [0.717, 1.165) is 11.1 Å². The fourth-order valence-corrected chi connectivity index (χ4v) is 2.44. The number of fused-ring (bicyclic) bond motifs is 1. The first-order valence-corrected chi connectivity index (χ1v) is 5.29. The average molecular weight is 213 g/mol. The smallest absolute Gasteiger partial charge is 0.146 e. The Morgan fingerprint density at radius 1 is 1.54 bits per heavy atom. The number of rotatable bonds is 2. The Bertz CT molecular complexity index is 424. The van der Waals surface area contributed by atoms with Crippen molar-refractivity contribution in [3.63, 3.8) is 0 Å². The summed E-state index contributed by atoms with van der Waals surface area (Å²) in [7, 11) is 0. The molecule has 2 aromatic heterocycles. The van der Waals surface area contributed by atoms with Crippen molar-refractivity contribution < 1.29 is 0 Å². The van der Waals surface area contributed by atoms with E-state index in [1.54, 1.807) is 11.3 Å². The molecular formula is C9H9ClN2S. The van der Waals surface area contributed by atoms with Gasteiger partial charge in [0.05, 0.1) is 4.70 Å². The number of nitrogens with zero attached hydrogens (tertiary/aromatic N) is 1. The summed E-state index contributed by atoms with van der Waals surface area (Å²) >= 11 is 7.56. The van der Waals surface area contributed by atoms with Crippen molar-refractivity contribution in [3.05, 3.63) is 28.4 Å². The van der Waals surface area contributed by atoms with Crippen molar-refractivity contribution in [1.82, 2.24) is 4.98 Å². The van der Waals surface area contributed by atoms with Gasteiger partial charge in [-0.25, -0.2) is 4.98 Å². The third-order valence-corrected chi connectivity index (χ3v) is 3.27. The lowest BCUT2D eigenvalue weighted by Crippen LogP contribution is -2.03. The van der Waals surface area contributed by atoms with Crippen LogP contribution in [0, 0.1) is 0 Å². The number of thiophene rings is 1. The summed E-state index contributed by atoms with van der Waals surface area (Å²) in [4.78, 5) is 4.12. The third kappa shape index (κ3) is 1.55. The van der Waals surface area contributed by atoms with Gasteiger partial charge in [-0.15, -0.1) is 11.3 Å². The van der Waals surface area contributed by atoms with Crippen molar-refractivity contribution in [2.24, 2.45) is 5.73 Å². The Labute approximate surface area is 85.3 Å². The lowest BCUT2D eigenvalue weighted by molar-refractivity contribution is 0.969. The van der Waals surface area contributed by atoms with E-state index in [2.05, 4.69) is 11.1 Å². The lowest BCUT2D eigenvalue weighted by Gasteiger charge is -2.00. The zero-order valence-electron chi connectivity index (χ0n) is 6.96. The van der Waals surface area contributed by atoms with E-state index in [-0.39, 0.29) is 0 Å². The molecule has 2 nitrogen and oxygen atoms in total. The quantitative estimate of drug-likeness (QED) is 0.777. The minimum atomic E-state index is 0.589. The second kappa shape index (κ2) is 3.62. The zero-order valence-corrected chi connectivity index (χ0v) is 8.53. The molecule has 0 radical (unpaired) electrons. The van der Waals surface area contributed by atoms with Gasteiger partial charge in [-0.2, -0.15) is 0 Å². The molecule has 0 fully saturated rings. The van der Waals surface area contributed by atoms with Crippen molar-refractivity contribution >= 4 is 33.0 Å². The maximum atomic E-state index is 5.94. The minimum absolute atomic E-state index is 0.589. The molecular weight excluding hydrogens is 204 g/mol. The highest BCUT2D eigenvalue weighted by atomic mass is 35.5. The second-order valence-electron chi connectivity index (χ2n) is 2.78. The molecule has 0 aliphatic rings. The standard InChI is InChI=1S/C9H9ClN2S/c10-9-8-7(2-4-13-8)6(1-3-11)5-12-9/h2,4-5H,1,3,11H2. The van der Waals surface area contributed by atoms with Gasteiger partial charge < -0.3 is 5.73 Å². The first-order valence-electron chi connectivity index (χ1n) is 4.03. The monoisotopic (exact) mass is 212 g/mol. The fourth-order valence-electron chi connectivity index (χ4n) is 1.34. The van der Waals surface area contributed by atoms with Crippen LogP contribution in [-0.4, -0.2) is 11.5 Å². The number of aromatic nitrogens is 1. The molecule has 0 aromatic carbocycles. The zero-order chi connectivity index (χ0) is 9.26. The highest BCUT2D eigenvalue weighted by Crippen LogP contribution is 2.29. The summed E-state index contributed by atoms with van der Waals surface area (Å²) < 4.78 is 1.06. The van der Waals surface area contributed by atoms with Gasteiger partial charge in [-0.1, -0.05) is 11.6 Å². The number of halogens is 1. The second-order valence-corrected chi connectivity index (χ2v) is 4.05. The molecule has 68 valence electrons. The van der Waals surface area contributed by atoms with E-state index >= 15 is 0 Å². The minimum Gasteiger partial charge on any atom is -0.330 e. The molecule has 0 saturated heterocycles. The van der Waals surface area contributed by atoms with Crippen LogP contribution in [0.2, 0.25) is 5.15 Å². The van der Waals surface area contributed by atoms with Crippen LogP contribution in [0.5, 0.6) is 0 Å². The van der Waals surface area contributed by atoms with E-state index in [9.17, 15) is 0 Å². The van der Waals surface area contributed by atoms with E-state index < -0.39 is 0 Å². The Balaban J connectivity index is 2.64. The Kier molecular flexibility index (Phi) is 2.49. The van der Waals surface area contributed by atoms with E-state index in [4.69, 9.17) is 17.3 Å². The van der Waals surface area contributed by atoms with E-state index in [0.29, 0.717) is 11.7 Å². The lowest BCUT2D eigenvalue weighted by atomic mass is 10.1. The van der Waals surface area contributed by atoms with Crippen LogP contribution in [0.25, 0.3) is 10.1 Å². The molecule has 0 aliphatic carbocycles. The van der Waals surface area contributed by atoms with Crippen molar-refractivity contribution in [2.45, 2.75) is 6.42 Å². The van der Waals surface area contributed by atoms with Gasteiger partial charge in [0.2, 0.25) is 0 Å².